The molecule has 0 aliphatic heterocycles. The maximum Gasteiger partial charge on any atom is 0.240 e. The van der Waals surface area contributed by atoms with Gasteiger partial charge in [-0.25, -0.2) is 8.42 Å². The molecule has 0 aliphatic carbocycles. The fraction of sp³-hybridized carbons (Fsp3) is 0.316. The second-order valence-corrected chi connectivity index (χ2v) is 8.33. The van der Waals surface area contributed by atoms with Gasteiger partial charge in [-0.1, -0.05) is 41.9 Å². The highest BCUT2D eigenvalue weighted by Crippen LogP contribution is 2.38. The van der Waals surface area contributed by atoms with E-state index in [4.69, 9.17) is 21.1 Å². The number of ether oxygens (including phenoxy) is 2. The van der Waals surface area contributed by atoms with E-state index >= 15 is 0 Å². The Kier molecular flexibility index (Phi) is 7.53. The number of anilines is 1. The highest BCUT2D eigenvalue weighted by atomic mass is 35.5. The number of rotatable bonds is 9. The molecular weight excluding hydrogens is 404 g/mol. The van der Waals surface area contributed by atoms with E-state index in [1.165, 1.54) is 26.4 Å². The minimum absolute atomic E-state index is 0.171. The van der Waals surface area contributed by atoms with Crippen LogP contribution < -0.4 is 19.1 Å². The summed E-state index contributed by atoms with van der Waals surface area (Å²) >= 11 is 6.08. The van der Waals surface area contributed by atoms with Gasteiger partial charge in [-0.3, -0.25) is 9.10 Å². The highest BCUT2D eigenvalue weighted by molar-refractivity contribution is 7.92. The third-order valence-corrected chi connectivity index (χ3v) is 5.41. The van der Waals surface area contributed by atoms with Gasteiger partial charge in [0.25, 0.3) is 0 Å². The van der Waals surface area contributed by atoms with E-state index < -0.39 is 22.5 Å². The van der Waals surface area contributed by atoms with Crippen LogP contribution >= 0.6 is 11.6 Å². The summed E-state index contributed by atoms with van der Waals surface area (Å²) in [6.07, 6.45) is 1.66. The van der Waals surface area contributed by atoms with Crippen molar-refractivity contribution in [3.63, 3.8) is 0 Å². The van der Waals surface area contributed by atoms with Crippen molar-refractivity contribution >= 4 is 33.2 Å². The maximum absolute atomic E-state index is 12.4. The fourth-order valence-electron chi connectivity index (χ4n) is 2.60. The Morgan fingerprint density at radius 1 is 1.11 bits per heavy atom. The average molecular weight is 427 g/mol. The first-order valence-electron chi connectivity index (χ1n) is 8.46. The summed E-state index contributed by atoms with van der Waals surface area (Å²) in [6, 6.07) is 12.5. The van der Waals surface area contributed by atoms with Gasteiger partial charge in [0.2, 0.25) is 15.9 Å². The molecule has 28 heavy (non-hydrogen) atoms. The lowest BCUT2D eigenvalue weighted by Gasteiger charge is -2.24. The molecule has 0 aliphatic rings. The van der Waals surface area contributed by atoms with Crippen LogP contribution in [0.4, 0.5) is 5.69 Å². The molecule has 2 aromatic rings. The summed E-state index contributed by atoms with van der Waals surface area (Å²) in [5.74, 6) is 0.0567. The summed E-state index contributed by atoms with van der Waals surface area (Å²) in [7, 11) is -0.961. The van der Waals surface area contributed by atoms with Crippen LogP contribution in [0.3, 0.4) is 0 Å². The molecule has 1 amide bonds. The number of hydrogen-bond acceptors (Lipinski definition) is 5. The predicted octanol–water partition coefficient (Wildman–Crippen LogP) is 2.48. The van der Waals surface area contributed by atoms with E-state index in [9.17, 15) is 13.2 Å². The van der Waals surface area contributed by atoms with Gasteiger partial charge in [0, 0.05) is 18.7 Å². The molecule has 0 fully saturated rings. The molecule has 152 valence electrons. The van der Waals surface area contributed by atoms with Crippen LogP contribution in [0.25, 0.3) is 0 Å². The smallest absolute Gasteiger partial charge is 0.240 e. The molecule has 9 heteroatoms. The van der Waals surface area contributed by atoms with Crippen molar-refractivity contribution in [2.75, 3.05) is 37.9 Å². The second-order valence-electron chi connectivity index (χ2n) is 6.01. The Hall–Kier alpha value is -2.45. The zero-order chi connectivity index (χ0) is 20.7. The fourth-order valence-corrected chi connectivity index (χ4v) is 3.68. The van der Waals surface area contributed by atoms with Gasteiger partial charge in [-0.2, -0.15) is 0 Å². The standard InChI is InChI=1S/C19H23ClN2O5S/c1-26-17-12-16(18(27-2)11-15(17)20)22(28(3,24)25)13-19(23)21-10-9-14-7-5-4-6-8-14/h4-8,11-12H,9-10,13H2,1-3H3,(H,21,23). The summed E-state index contributed by atoms with van der Waals surface area (Å²) < 4.78 is 36.0. The number of methoxy groups -OCH3 is 2. The lowest BCUT2D eigenvalue weighted by molar-refractivity contribution is -0.119. The first-order valence-corrected chi connectivity index (χ1v) is 10.7. The van der Waals surface area contributed by atoms with Gasteiger partial charge in [0.05, 0.1) is 31.2 Å². The lowest BCUT2D eigenvalue weighted by Crippen LogP contribution is -2.41. The van der Waals surface area contributed by atoms with Crippen molar-refractivity contribution in [3.8, 4) is 11.5 Å². The number of hydrogen-bond donors (Lipinski definition) is 1. The van der Waals surface area contributed by atoms with E-state index in [1.54, 1.807) is 0 Å². The summed E-state index contributed by atoms with van der Waals surface area (Å²) in [5, 5.41) is 3.01. The largest absolute Gasteiger partial charge is 0.495 e. The van der Waals surface area contributed by atoms with Crippen molar-refractivity contribution in [2.24, 2.45) is 0 Å². The predicted molar refractivity (Wildman–Crippen MR) is 110 cm³/mol. The molecule has 0 bridgehead atoms. The van der Waals surface area contributed by atoms with Crippen LogP contribution in [0, 0.1) is 0 Å². The van der Waals surface area contributed by atoms with Gasteiger partial charge in [-0.15, -0.1) is 0 Å². The number of nitrogens with one attached hydrogen (secondary N) is 1. The van der Waals surface area contributed by atoms with Crippen LogP contribution in [0.5, 0.6) is 11.5 Å². The maximum atomic E-state index is 12.4. The van der Waals surface area contributed by atoms with E-state index in [2.05, 4.69) is 5.32 Å². The lowest BCUT2D eigenvalue weighted by atomic mass is 10.1. The molecule has 2 rings (SSSR count). The first-order chi connectivity index (χ1) is 13.3. The zero-order valence-corrected chi connectivity index (χ0v) is 17.5. The normalized spacial score (nSPS) is 11.0. The molecule has 1 N–H and O–H groups in total. The van der Waals surface area contributed by atoms with Crippen LogP contribution in [-0.4, -0.2) is 47.9 Å². The van der Waals surface area contributed by atoms with Gasteiger partial charge in [0.1, 0.15) is 18.0 Å². The second kappa shape index (κ2) is 9.66. The zero-order valence-electron chi connectivity index (χ0n) is 15.9. The number of nitrogens with zero attached hydrogens (tertiary/aromatic N) is 1. The van der Waals surface area contributed by atoms with Gasteiger partial charge < -0.3 is 14.8 Å². The molecule has 0 radical (unpaired) electrons. The Bertz CT molecular complexity index is 919. The highest BCUT2D eigenvalue weighted by Gasteiger charge is 2.25. The third-order valence-electron chi connectivity index (χ3n) is 3.99. The van der Waals surface area contributed by atoms with Gasteiger partial charge in [-0.05, 0) is 12.0 Å². The quantitative estimate of drug-likeness (QED) is 0.665. The Morgan fingerprint density at radius 2 is 1.75 bits per heavy atom. The Labute approximate surface area is 170 Å². The van der Waals surface area contributed by atoms with Crippen molar-refractivity contribution in [1.29, 1.82) is 0 Å². The molecule has 0 aromatic heterocycles. The van der Waals surface area contributed by atoms with Crippen LogP contribution in [-0.2, 0) is 21.2 Å². The number of sulfonamides is 1. The molecule has 0 atom stereocenters. The molecule has 7 nitrogen and oxygen atoms in total. The summed E-state index contributed by atoms with van der Waals surface area (Å²) in [6.45, 7) is -0.00368. The Morgan fingerprint density at radius 3 is 2.32 bits per heavy atom. The van der Waals surface area contributed by atoms with E-state index in [-0.39, 0.29) is 22.2 Å². The van der Waals surface area contributed by atoms with Crippen LogP contribution in [0.2, 0.25) is 5.02 Å². The molecule has 0 heterocycles. The van der Waals surface area contributed by atoms with Crippen molar-refractivity contribution in [1.82, 2.24) is 5.32 Å². The molecule has 0 spiro atoms. The molecule has 2 aromatic carbocycles. The van der Waals surface area contributed by atoms with Crippen molar-refractivity contribution < 1.29 is 22.7 Å². The molecule has 0 saturated carbocycles. The summed E-state index contributed by atoms with van der Waals surface area (Å²) in [5.41, 5.74) is 1.25. The molecule has 0 saturated heterocycles. The van der Waals surface area contributed by atoms with Crippen LogP contribution in [0.1, 0.15) is 5.56 Å². The van der Waals surface area contributed by atoms with Crippen molar-refractivity contribution in [3.05, 3.63) is 53.1 Å². The van der Waals surface area contributed by atoms with Crippen molar-refractivity contribution in [2.45, 2.75) is 6.42 Å². The van der Waals surface area contributed by atoms with Gasteiger partial charge >= 0.3 is 0 Å². The number of benzene rings is 2. The average Bonchev–Trinajstić information content (AvgIpc) is 2.66. The topological polar surface area (TPSA) is 84.9 Å². The monoisotopic (exact) mass is 426 g/mol. The Balaban J connectivity index is 2.17. The number of carbonyl (C=O) groups excluding carboxylic acids is 1. The minimum Gasteiger partial charge on any atom is -0.495 e. The SMILES string of the molecule is COc1cc(N(CC(=O)NCCc2ccccc2)S(C)(=O)=O)c(OC)cc1Cl. The number of amides is 1. The van der Waals surface area contributed by atoms with E-state index in [0.717, 1.165) is 16.1 Å². The molecular formula is C19H23ClN2O5S. The third kappa shape index (κ3) is 5.77. The molecule has 0 unspecified atom stereocenters. The number of carbonyl (C=O) groups is 1. The van der Waals surface area contributed by atoms with Crippen LogP contribution in [0.15, 0.2) is 42.5 Å². The first kappa shape index (κ1) is 21.8. The van der Waals surface area contributed by atoms with E-state index in [1.807, 2.05) is 30.3 Å². The summed E-state index contributed by atoms with van der Waals surface area (Å²) in [4.78, 5) is 12.4. The number of halogens is 1. The van der Waals surface area contributed by atoms with E-state index in [0.29, 0.717) is 13.0 Å². The van der Waals surface area contributed by atoms with Gasteiger partial charge in [0.15, 0.2) is 0 Å². The minimum atomic E-state index is -3.77.